The van der Waals surface area contributed by atoms with Gasteiger partial charge in [0, 0.05) is 29.1 Å². The molecule has 0 N–H and O–H groups in total. The van der Waals surface area contributed by atoms with Gasteiger partial charge in [0.05, 0.1) is 5.41 Å². The van der Waals surface area contributed by atoms with Gasteiger partial charge in [0.2, 0.25) is 0 Å². The molecule has 0 aliphatic heterocycles. The van der Waals surface area contributed by atoms with Gasteiger partial charge in [0.15, 0.2) is 17.5 Å². The third-order valence-corrected chi connectivity index (χ3v) is 11.3. The Balaban J connectivity index is 1.13. The van der Waals surface area contributed by atoms with E-state index in [2.05, 4.69) is 169 Å². The molecule has 1 spiro atoms. The second-order valence-corrected chi connectivity index (χ2v) is 14.2. The first-order valence-electron chi connectivity index (χ1n) is 18.6. The molecule has 7 aromatic carbocycles. The van der Waals surface area contributed by atoms with Crippen LogP contribution in [-0.2, 0) is 5.41 Å². The van der Waals surface area contributed by atoms with Crippen LogP contribution in [0.25, 0.3) is 78.7 Å². The standard InChI is InChI=1S/C51H32N4/c1-2-11-33(12-3-1)34-21-25-37(26-22-34)48-53-49(38-27-23-35(24-28-38)36-29-31-52-32-30-36)55-50(54-48)42-16-10-20-46-47(42)41-15-6-9-19-45(41)51(46)43-17-7-4-13-39(43)40-14-5-8-18-44(40)51/h1-32H. The summed E-state index contributed by atoms with van der Waals surface area (Å²) >= 11 is 0. The van der Waals surface area contributed by atoms with Crippen LogP contribution < -0.4 is 0 Å². The van der Waals surface area contributed by atoms with Crippen molar-refractivity contribution in [1.82, 2.24) is 19.9 Å². The SMILES string of the molecule is c1ccc(-c2ccc(-c3nc(-c4ccc(-c5ccncc5)cc4)nc(-c4cccc5c4-c4ccccc4C54c5ccccc5-c5ccccc54)n3)cc2)cc1. The van der Waals surface area contributed by atoms with Crippen molar-refractivity contribution in [1.29, 1.82) is 0 Å². The summed E-state index contributed by atoms with van der Waals surface area (Å²) in [5.74, 6) is 1.91. The molecule has 55 heavy (non-hydrogen) atoms. The first-order chi connectivity index (χ1) is 27.3. The first kappa shape index (κ1) is 31.2. The fourth-order valence-electron chi connectivity index (χ4n) is 8.88. The van der Waals surface area contributed by atoms with Gasteiger partial charge in [-0.25, -0.2) is 15.0 Å². The largest absolute Gasteiger partial charge is 0.265 e. The highest BCUT2D eigenvalue weighted by atomic mass is 15.0. The Labute approximate surface area is 319 Å². The first-order valence-corrected chi connectivity index (χ1v) is 18.6. The average Bonchev–Trinajstić information content (AvgIpc) is 3.75. The molecule has 0 fully saturated rings. The fourth-order valence-corrected chi connectivity index (χ4v) is 8.88. The average molecular weight is 701 g/mol. The van der Waals surface area contributed by atoms with Crippen LogP contribution in [0.2, 0.25) is 0 Å². The molecule has 0 radical (unpaired) electrons. The van der Waals surface area contributed by atoms with Crippen LogP contribution in [-0.4, -0.2) is 19.9 Å². The molecule has 2 aromatic heterocycles. The van der Waals surface area contributed by atoms with Crippen LogP contribution in [0.15, 0.2) is 194 Å². The number of aromatic nitrogens is 4. The summed E-state index contributed by atoms with van der Waals surface area (Å²) in [5, 5.41) is 0. The van der Waals surface area contributed by atoms with Gasteiger partial charge in [-0.2, -0.15) is 0 Å². The molecule has 9 aromatic rings. The van der Waals surface area contributed by atoms with E-state index >= 15 is 0 Å². The van der Waals surface area contributed by atoms with Crippen LogP contribution in [0.4, 0.5) is 0 Å². The molecule has 2 aliphatic carbocycles. The smallest absolute Gasteiger partial charge is 0.164 e. The lowest BCUT2D eigenvalue weighted by atomic mass is 9.70. The molecule has 0 bridgehead atoms. The van der Waals surface area contributed by atoms with E-state index < -0.39 is 5.41 Å². The minimum absolute atomic E-state index is 0.454. The minimum atomic E-state index is -0.454. The zero-order valence-electron chi connectivity index (χ0n) is 29.8. The Morgan fingerprint density at radius 2 is 0.673 bits per heavy atom. The molecule has 4 heteroatoms. The number of hydrogen-bond acceptors (Lipinski definition) is 4. The van der Waals surface area contributed by atoms with Gasteiger partial charge in [-0.15, -0.1) is 0 Å². The van der Waals surface area contributed by atoms with Crippen molar-refractivity contribution < 1.29 is 0 Å². The third kappa shape index (κ3) is 4.78. The zero-order valence-corrected chi connectivity index (χ0v) is 29.8. The van der Waals surface area contributed by atoms with Gasteiger partial charge >= 0.3 is 0 Å². The van der Waals surface area contributed by atoms with Gasteiger partial charge in [0.25, 0.3) is 0 Å². The summed E-state index contributed by atoms with van der Waals surface area (Å²) in [6.45, 7) is 0. The Kier molecular flexibility index (Phi) is 7.04. The predicted octanol–water partition coefficient (Wildman–Crippen LogP) is 11.9. The van der Waals surface area contributed by atoms with Crippen molar-refractivity contribution in [2.45, 2.75) is 5.41 Å². The van der Waals surface area contributed by atoms with Crippen molar-refractivity contribution >= 4 is 0 Å². The quantitative estimate of drug-likeness (QED) is 0.179. The molecule has 4 nitrogen and oxygen atoms in total. The van der Waals surface area contributed by atoms with Gasteiger partial charge < -0.3 is 0 Å². The molecule has 256 valence electrons. The van der Waals surface area contributed by atoms with Crippen molar-refractivity contribution in [2.24, 2.45) is 0 Å². The van der Waals surface area contributed by atoms with E-state index in [1.54, 1.807) is 0 Å². The molecule has 0 unspecified atom stereocenters. The highest BCUT2D eigenvalue weighted by molar-refractivity contribution is 5.99. The highest BCUT2D eigenvalue weighted by Gasteiger charge is 2.52. The topological polar surface area (TPSA) is 51.6 Å². The maximum atomic E-state index is 5.29. The maximum Gasteiger partial charge on any atom is 0.164 e. The van der Waals surface area contributed by atoms with Crippen molar-refractivity contribution in [2.75, 3.05) is 0 Å². The molecule has 0 amide bonds. The number of nitrogens with zero attached hydrogens (tertiary/aromatic N) is 4. The summed E-state index contributed by atoms with van der Waals surface area (Å²) in [6.07, 6.45) is 3.64. The number of fused-ring (bicyclic) bond motifs is 10. The molecule has 0 saturated heterocycles. The second-order valence-electron chi connectivity index (χ2n) is 14.2. The molecule has 0 saturated carbocycles. The van der Waals surface area contributed by atoms with Crippen molar-refractivity contribution in [3.63, 3.8) is 0 Å². The summed E-state index contributed by atoms with van der Waals surface area (Å²) < 4.78 is 0. The summed E-state index contributed by atoms with van der Waals surface area (Å²) in [4.78, 5) is 19.9. The van der Waals surface area contributed by atoms with E-state index in [-0.39, 0.29) is 0 Å². The van der Waals surface area contributed by atoms with E-state index in [9.17, 15) is 0 Å². The lowest BCUT2D eigenvalue weighted by molar-refractivity contribution is 0.794. The second kappa shape index (κ2) is 12.4. The van der Waals surface area contributed by atoms with Crippen LogP contribution >= 0.6 is 0 Å². The van der Waals surface area contributed by atoms with Gasteiger partial charge in [-0.05, 0) is 78.9 Å². The van der Waals surface area contributed by atoms with E-state index in [4.69, 9.17) is 15.0 Å². The Bertz CT molecular complexity index is 2750. The van der Waals surface area contributed by atoms with E-state index in [0.717, 1.165) is 33.4 Å². The molecule has 11 rings (SSSR count). The summed E-state index contributed by atoms with van der Waals surface area (Å²) in [6, 6.07) is 64.8. The maximum absolute atomic E-state index is 5.29. The van der Waals surface area contributed by atoms with E-state index in [0.29, 0.717) is 17.5 Å². The monoisotopic (exact) mass is 700 g/mol. The van der Waals surface area contributed by atoms with E-state index in [1.807, 2.05) is 30.6 Å². The van der Waals surface area contributed by atoms with Crippen LogP contribution in [0.3, 0.4) is 0 Å². The van der Waals surface area contributed by atoms with Crippen LogP contribution in [0, 0.1) is 0 Å². The van der Waals surface area contributed by atoms with Gasteiger partial charge in [-0.3, -0.25) is 4.98 Å². The highest BCUT2D eigenvalue weighted by Crippen LogP contribution is 2.63. The fraction of sp³-hybridized carbons (Fsp3) is 0.0196. The van der Waals surface area contributed by atoms with Crippen LogP contribution in [0.1, 0.15) is 22.3 Å². The molecular weight excluding hydrogens is 669 g/mol. The Morgan fingerprint density at radius 3 is 1.25 bits per heavy atom. The van der Waals surface area contributed by atoms with Crippen LogP contribution in [0.5, 0.6) is 0 Å². The zero-order chi connectivity index (χ0) is 36.3. The Hall–Kier alpha value is -7.30. The third-order valence-electron chi connectivity index (χ3n) is 11.3. The number of pyridine rings is 1. The number of benzene rings is 7. The molecule has 0 atom stereocenters. The van der Waals surface area contributed by atoms with Gasteiger partial charge in [-0.1, -0.05) is 170 Å². The number of rotatable bonds is 5. The molecule has 2 heterocycles. The minimum Gasteiger partial charge on any atom is -0.265 e. The molecular formula is C51H32N4. The lowest BCUT2D eigenvalue weighted by Gasteiger charge is -2.30. The van der Waals surface area contributed by atoms with Crippen molar-refractivity contribution in [3.8, 4) is 78.7 Å². The van der Waals surface area contributed by atoms with Crippen molar-refractivity contribution in [3.05, 3.63) is 217 Å². The predicted molar refractivity (Wildman–Crippen MR) is 221 cm³/mol. The lowest BCUT2D eigenvalue weighted by Crippen LogP contribution is -2.25. The normalized spacial score (nSPS) is 12.9. The number of hydrogen-bond donors (Lipinski definition) is 0. The van der Waals surface area contributed by atoms with E-state index in [1.165, 1.54) is 50.1 Å². The summed E-state index contributed by atoms with van der Waals surface area (Å²) in [7, 11) is 0. The summed E-state index contributed by atoms with van der Waals surface area (Å²) in [5.41, 5.74) is 17.0. The van der Waals surface area contributed by atoms with Gasteiger partial charge in [0.1, 0.15) is 0 Å². The Morgan fingerprint density at radius 1 is 0.273 bits per heavy atom. The molecule has 2 aliphatic rings.